The molecule has 1 aliphatic carbocycles. The minimum Gasteiger partial charge on any atom is -0.317 e. The number of benzene rings is 1. The third-order valence-corrected chi connectivity index (χ3v) is 6.42. The number of nitrogens with one attached hydrogen (secondary N) is 1. The molecule has 2 rings (SSSR count). The summed E-state index contributed by atoms with van der Waals surface area (Å²) in [6.45, 7) is 4.24. The standard InChI is InChI=1S/C17H23ClFNO4S/c1-12(2)13-8-10-15(11-9-13)24-17(18,19)25(22,23)20-16(21)14-6-4-3-5-7-14/h3-7,12-13,15H,8-11H2,1-2H3,(H,20,21). The number of alkyl halides is 2. The van der Waals surface area contributed by atoms with Crippen LogP contribution in [0.3, 0.4) is 0 Å². The second-order valence-electron chi connectivity index (χ2n) is 6.66. The second kappa shape index (κ2) is 8.01. The molecule has 1 atom stereocenters. The van der Waals surface area contributed by atoms with Crippen LogP contribution in [0.15, 0.2) is 30.3 Å². The number of sulfonamides is 1. The first-order valence-electron chi connectivity index (χ1n) is 8.30. The lowest BCUT2D eigenvalue weighted by Crippen LogP contribution is -2.46. The highest BCUT2D eigenvalue weighted by molar-refractivity contribution is 7.92. The van der Waals surface area contributed by atoms with Crippen molar-refractivity contribution in [3.63, 3.8) is 0 Å². The Morgan fingerprint density at radius 2 is 1.80 bits per heavy atom. The topological polar surface area (TPSA) is 72.5 Å². The molecule has 0 saturated heterocycles. The van der Waals surface area contributed by atoms with Crippen molar-refractivity contribution in [3.05, 3.63) is 35.9 Å². The molecule has 0 aliphatic heterocycles. The Morgan fingerprint density at radius 1 is 1.24 bits per heavy atom. The lowest BCUT2D eigenvalue weighted by Gasteiger charge is -2.33. The fourth-order valence-electron chi connectivity index (χ4n) is 2.96. The van der Waals surface area contributed by atoms with E-state index in [2.05, 4.69) is 13.8 Å². The zero-order valence-corrected chi connectivity index (χ0v) is 15.8. The number of amides is 1. The Balaban J connectivity index is 1.99. The van der Waals surface area contributed by atoms with Crippen LogP contribution in [0.2, 0.25) is 0 Å². The van der Waals surface area contributed by atoms with E-state index in [1.165, 1.54) is 12.1 Å². The summed E-state index contributed by atoms with van der Waals surface area (Å²) in [7, 11) is -4.86. The van der Waals surface area contributed by atoms with Gasteiger partial charge < -0.3 is 4.74 Å². The average Bonchev–Trinajstić information content (AvgIpc) is 2.55. The summed E-state index contributed by atoms with van der Waals surface area (Å²) in [4.78, 5) is 11.9. The molecular weight excluding hydrogens is 369 g/mol. The summed E-state index contributed by atoms with van der Waals surface area (Å²) in [5, 5.41) is 0. The third-order valence-electron chi connectivity index (χ3n) is 4.54. The molecule has 0 radical (unpaired) electrons. The predicted octanol–water partition coefficient (Wildman–Crippen LogP) is 3.80. The summed E-state index contributed by atoms with van der Waals surface area (Å²) in [6.07, 6.45) is 2.12. The Kier molecular flexibility index (Phi) is 6.45. The fourth-order valence-corrected chi connectivity index (χ4v) is 3.95. The summed E-state index contributed by atoms with van der Waals surface area (Å²) in [5.74, 6) is 0.0648. The Labute approximate surface area is 152 Å². The van der Waals surface area contributed by atoms with Crippen molar-refractivity contribution in [2.45, 2.75) is 50.3 Å². The normalized spacial score (nSPS) is 23.9. The summed E-state index contributed by atoms with van der Waals surface area (Å²) >= 11 is 5.50. The van der Waals surface area contributed by atoms with Crippen molar-refractivity contribution < 1.29 is 22.3 Å². The molecule has 1 unspecified atom stereocenters. The lowest BCUT2D eigenvalue weighted by atomic mass is 9.80. The van der Waals surface area contributed by atoms with E-state index in [4.69, 9.17) is 16.3 Å². The molecule has 140 valence electrons. The molecule has 0 bridgehead atoms. The zero-order chi connectivity index (χ0) is 18.7. The maximum Gasteiger partial charge on any atom is 0.409 e. The smallest absolute Gasteiger partial charge is 0.317 e. The van der Waals surface area contributed by atoms with Crippen molar-refractivity contribution >= 4 is 27.5 Å². The largest absolute Gasteiger partial charge is 0.409 e. The molecule has 8 heteroatoms. The van der Waals surface area contributed by atoms with Crippen molar-refractivity contribution in [1.82, 2.24) is 4.72 Å². The Hall–Kier alpha value is -1.18. The van der Waals surface area contributed by atoms with E-state index < -0.39 is 26.7 Å². The van der Waals surface area contributed by atoms with E-state index in [-0.39, 0.29) is 5.56 Å². The summed E-state index contributed by atoms with van der Waals surface area (Å²) < 4.78 is 41.9. The van der Waals surface area contributed by atoms with Crippen molar-refractivity contribution in [3.8, 4) is 0 Å². The molecular formula is C17H23ClFNO4S. The first kappa shape index (κ1) is 20.1. The highest BCUT2D eigenvalue weighted by atomic mass is 35.5. The molecule has 1 saturated carbocycles. The Morgan fingerprint density at radius 3 is 2.32 bits per heavy atom. The quantitative estimate of drug-likeness (QED) is 0.748. The third kappa shape index (κ3) is 5.15. The van der Waals surface area contributed by atoms with Crippen LogP contribution >= 0.6 is 11.6 Å². The van der Waals surface area contributed by atoms with Crippen LogP contribution < -0.4 is 4.72 Å². The maximum atomic E-state index is 14.5. The Bertz CT molecular complexity index is 686. The van der Waals surface area contributed by atoms with Gasteiger partial charge in [0.2, 0.25) is 0 Å². The molecule has 1 amide bonds. The molecule has 1 aromatic rings. The fraction of sp³-hybridized carbons (Fsp3) is 0.588. The molecule has 0 aromatic heterocycles. The minimum atomic E-state index is -4.86. The van der Waals surface area contributed by atoms with Gasteiger partial charge in [0.25, 0.3) is 5.91 Å². The molecule has 5 nitrogen and oxygen atoms in total. The van der Waals surface area contributed by atoms with Gasteiger partial charge in [-0.1, -0.05) is 32.0 Å². The number of hydrogen-bond acceptors (Lipinski definition) is 4. The van der Waals surface area contributed by atoms with Gasteiger partial charge in [-0.15, -0.1) is 0 Å². The zero-order valence-electron chi connectivity index (χ0n) is 14.2. The lowest BCUT2D eigenvalue weighted by molar-refractivity contribution is -0.0840. The average molecular weight is 392 g/mol. The first-order chi connectivity index (χ1) is 11.6. The van der Waals surface area contributed by atoms with Crippen LogP contribution in [-0.2, 0) is 14.8 Å². The van der Waals surface area contributed by atoms with Gasteiger partial charge in [-0.25, -0.2) is 4.72 Å². The number of carbonyl (C=O) groups excluding carboxylic acids is 1. The van der Waals surface area contributed by atoms with Gasteiger partial charge in [-0.2, -0.15) is 12.8 Å². The van der Waals surface area contributed by atoms with Crippen LogP contribution in [0.4, 0.5) is 4.39 Å². The second-order valence-corrected chi connectivity index (χ2v) is 9.11. The van der Waals surface area contributed by atoms with Crippen molar-refractivity contribution in [2.75, 3.05) is 0 Å². The van der Waals surface area contributed by atoms with E-state index in [0.29, 0.717) is 24.7 Å². The van der Waals surface area contributed by atoms with Crippen LogP contribution in [0.1, 0.15) is 49.9 Å². The number of halogens is 2. The minimum absolute atomic E-state index is 0.0796. The highest BCUT2D eigenvalue weighted by Crippen LogP contribution is 2.36. The maximum absolute atomic E-state index is 14.5. The summed E-state index contributed by atoms with van der Waals surface area (Å²) in [5.41, 5.74) is 0.0796. The van der Waals surface area contributed by atoms with Gasteiger partial charge in [0.1, 0.15) is 0 Å². The molecule has 1 fully saturated rings. The SMILES string of the molecule is CC(C)C1CCC(OC(F)(Cl)S(=O)(=O)NC(=O)c2ccccc2)CC1. The van der Waals surface area contributed by atoms with Gasteiger partial charge in [0.15, 0.2) is 0 Å². The van der Waals surface area contributed by atoms with Crippen LogP contribution in [0.25, 0.3) is 0 Å². The van der Waals surface area contributed by atoms with Crippen LogP contribution in [0.5, 0.6) is 0 Å². The molecule has 0 heterocycles. The van der Waals surface area contributed by atoms with Gasteiger partial charge >= 0.3 is 14.7 Å². The number of carbonyl (C=O) groups is 1. The number of rotatable bonds is 6. The highest BCUT2D eigenvalue weighted by Gasteiger charge is 2.47. The van der Waals surface area contributed by atoms with E-state index in [9.17, 15) is 17.6 Å². The molecule has 1 aliphatic rings. The van der Waals surface area contributed by atoms with Crippen LogP contribution in [0, 0.1) is 11.8 Å². The molecule has 0 spiro atoms. The van der Waals surface area contributed by atoms with Crippen LogP contribution in [-0.4, -0.2) is 25.1 Å². The first-order valence-corrected chi connectivity index (χ1v) is 10.2. The van der Waals surface area contributed by atoms with Gasteiger partial charge in [-0.3, -0.25) is 4.79 Å². The number of ether oxygens (including phenoxy) is 1. The van der Waals surface area contributed by atoms with Gasteiger partial charge in [-0.05, 0) is 61.3 Å². The van der Waals surface area contributed by atoms with E-state index in [1.807, 2.05) is 0 Å². The molecule has 25 heavy (non-hydrogen) atoms. The van der Waals surface area contributed by atoms with E-state index in [1.54, 1.807) is 22.9 Å². The number of hydrogen-bond donors (Lipinski definition) is 1. The monoisotopic (exact) mass is 391 g/mol. The van der Waals surface area contributed by atoms with Crippen molar-refractivity contribution in [1.29, 1.82) is 0 Å². The van der Waals surface area contributed by atoms with Crippen molar-refractivity contribution in [2.24, 2.45) is 11.8 Å². The molecule has 1 N–H and O–H groups in total. The van der Waals surface area contributed by atoms with E-state index >= 15 is 0 Å². The van der Waals surface area contributed by atoms with Gasteiger partial charge in [0, 0.05) is 5.56 Å². The van der Waals surface area contributed by atoms with E-state index in [0.717, 1.165) is 12.8 Å². The predicted molar refractivity (Wildman–Crippen MR) is 94.2 cm³/mol. The molecule has 1 aromatic carbocycles. The summed E-state index contributed by atoms with van der Waals surface area (Å²) in [6, 6.07) is 7.62. The van der Waals surface area contributed by atoms with Gasteiger partial charge in [0.05, 0.1) is 6.10 Å².